The molecule has 5 rings (SSSR count). The van der Waals surface area contributed by atoms with Crippen molar-refractivity contribution in [2.24, 2.45) is 0 Å². The third-order valence-corrected chi connectivity index (χ3v) is 7.26. The quantitative estimate of drug-likeness (QED) is 0.550. The van der Waals surface area contributed by atoms with Crippen molar-refractivity contribution in [3.8, 4) is 0 Å². The van der Waals surface area contributed by atoms with Gasteiger partial charge in [-0.3, -0.25) is 14.5 Å². The third-order valence-electron chi connectivity index (χ3n) is 7.26. The largest absolute Gasteiger partial charge is 0.344 e. The molecular weight excluding hydrogens is 438 g/mol. The minimum Gasteiger partial charge on any atom is -0.344 e. The second-order valence-corrected chi connectivity index (χ2v) is 9.49. The molecule has 2 aliphatic rings. The number of nitrogens with one attached hydrogen (secondary N) is 2. The second kappa shape index (κ2) is 9.02. The van der Waals surface area contributed by atoms with E-state index < -0.39 is 17.6 Å². The summed E-state index contributed by atoms with van der Waals surface area (Å²) in [4.78, 5) is 40.8. The molecule has 1 aliphatic carbocycles. The van der Waals surface area contributed by atoms with E-state index in [1.54, 1.807) is 0 Å². The van der Waals surface area contributed by atoms with E-state index in [-0.39, 0.29) is 18.4 Å². The van der Waals surface area contributed by atoms with E-state index in [0.717, 1.165) is 45.6 Å². The van der Waals surface area contributed by atoms with E-state index in [1.165, 1.54) is 5.56 Å². The number of aryl methyl sites for hydroxylation is 3. The van der Waals surface area contributed by atoms with Gasteiger partial charge in [0.05, 0.1) is 6.04 Å². The lowest BCUT2D eigenvalue weighted by atomic mass is 9.76. The Morgan fingerprint density at radius 1 is 0.971 bits per heavy atom. The number of fused-ring (bicyclic) bond motifs is 2. The Kier molecular flexibility index (Phi) is 5.89. The van der Waals surface area contributed by atoms with Gasteiger partial charge in [-0.25, -0.2) is 4.79 Å². The Morgan fingerprint density at radius 2 is 1.71 bits per heavy atom. The van der Waals surface area contributed by atoms with Crippen molar-refractivity contribution in [2.45, 2.75) is 44.7 Å². The number of urea groups is 1. The molecule has 1 fully saturated rings. The smallest absolute Gasteiger partial charge is 0.325 e. The summed E-state index contributed by atoms with van der Waals surface area (Å²) in [5.41, 5.74) is 5.00. The fraction of sp³-hybridized carbons (Fsp3) is 0.276. The highest BCUT2D eigenvalue weighted by molar-refractivity contribution is 6.09. The topological polar surface area (TPSA) is 78.5 Å². The highest BCUT2D eigenvalue weighted by Gasteiger charge is 2.54. The van der Waals surface area contributed by atoms with Crippen LogP contribution < -0.4 is 10.6 Å². The number of hydrogen-bond donors (Lipinski definition) is 2. The lowest BCUT2D eigenvalue weighted by Gasteiger charge is -2.33. The molecule has 0 bridgehead atoms. The standard InChI is InChI=1S/C29H29N3O3/c1-19-14-15-23(17-20(19)2)26(22-10-4-3-5-11-22)30-25(33)18-32-27(34)29(31-28(32)35)16-8-12-21-9-6-7-13-24(21)29/h3-7,9-11,13-15,17,26H,8,12,16,18H2,1-2H3,(H,30,33)(H,31,35)/t26-,29-/m1/s1. The predicted molar refractivity (Wildman–Crippen MR) is 134 cm³/mol. The lowest BCUT2D eigenvalue weighted by molar-refractivity contribution is -0.135. The number of carbonyl (C=O) groups is 3. The second-order valence-electron chi connectivity index (χ2n) is 9.49. The van der Waals surface area contributed by atoms with Gasteiger partial charge in [-0.15, -0.1) is 0 Å². The van der Waals surface area contributed by atoms with Crippen molar-refractivity contribution in [2.75, 3.05) is 6.54 Å². The first-order valence-corrected chi connectivity index (χ1v) is 12.0. The molecule has 6 nitrogen and oxygen atoms in total. The van der Waals surface area contributed by atoms with Crippen molar-refractivity contribution >= 4 is 17.8 Å². The van der Waals surface area contributed by atoms with Crippen LogP contribution in [0.3, 0.4) is 0 Å². The third kappa shape index (κ3) is 4.09. The van der Waals surface area contributed by atoms with E-state index in [0.29, 0.717) is 6.42 Å². The van der Waals surface area contributed by atoms with E-state index >= 15 is 0 Å². The Balaban J connectivity index is 1.39. The maximum Gasteiger partial charge on any atom is 0.325 e. The van der Waals surface area contributed by atoms with Crippen LogP contribution in [0.4, 0.5) is 4.79 Å². The number of imide groups is 1. The molecule has 4 amide bonds. The van der Waals surface area contributed by atoms with E-state index in [1.807, 2.05) is 80.6 Å². The predicted octanol–water partition coefficient (Wildman–Crippen LogP) is 4.29. The molecule has 2 N–H and O–H groups in total. The van der Waals surface area contributed by atoms with Gasteiger partial charge in [0, 0.05) is 0 Å². The summed E-state index contributed by atoms with van der Waals surface area (Å²) >= 11 is 0. The first kappa shape index (κ1) is 22.8. The zero-order valence-corrected chi connectivity index (χ0v) is 20.0. The highest BCUT2D eigenvalue weighted by atomic mass is 16.2. The zero-order chi connectivity index (χ0) is 24.6. The Bertz CT molecular complexity index is 1300. The van der Waals surface area contributed by atoms with E-state index in [4.69, 9.17) is 0 Å². The van der Waals surface area contributed by atoms with E-state index in [9.17, 15) is 14.4 Å². The lowest BCUT2D eigenvalue weighted by Crippen LogP contribution is -2.47. The first-order valence-electron chi connectivity index (χ1n) is 12.0. The molecular formula is C29H29N3O3. The number of rotatable bonds is 5. The Morgan fingerprint density at radius 3 is 2.49 bits per heavy atom. The number of carbonyl (C=O) groups excluding carboxylic acids is 3. The molecule has 3 aromatic carbocycles. The van der Waals surface area contributed by atoms with Crippen LogP contribution in [0.25, 0.3) is 0 Å². The van der Waals surface area contributed by atoms with Crippen LogP contribution in [0.2, 0.25) is 0 Å². The molecule has 1 saturated heterocycles. The molecule has 2 atom stereocenters. The molecule has 1 aliphatic heterocycles. The van der Waals surface area contributed by atoms with E-state index in [2.05, 4.69) is 16.7 Å². The van der Waals surface area contributed by atoms with Gasteiger partial charge in [-0.05, 0) is 66.5 Å². The van der Waals surface area contributed by atoms with Gasteiger partial charge in [0.1, 0.15) is 12.1 Å². The van der Waals surface area contributed by atoms with Crippen LogP contribution >= 0.6 is 0 Å². The number of benzene rings is 3. The molecule has 6 heteroatoms. The fourth-order valence-corrected chi connectivity index (χ4v) is 5.25. The Hall–Kier alpha value is -3.93. The Labute approximate surface area is 205 Å². The van der Waals surface area contributed by atoms with Gasteiger partial charge in [0.25, 0.3) is 5.91 Å². The van der Waals surface area contributed by atoms with Gasteiger partial charge in [-0.2, -0.15) is 0 Å². The first-order chi connectivity index (χ1) is 16.9. The van der Waals surface area contributed by atoms with Gasteiger partial charge >= 0.3 is 6.03 Å². The monoisotopic (exact) mass is 467 g/mol. The van der Waals surface area contributed by atoms with Crippen LogP contribution in [0, 0.1) is 13.8 Å². The average molecular weight is 468 g/mol. The minimum absolute atomic E-state index is 0.331. The molecule has 0 radical (unpaired) electrons. The van der Waals surface area contributed by atoms with Crippen molar-refractivity contribution < 1.29 is 14.4 Å². The van der Waals surface area contributed by atoms with Crippen molar-refractivity contribution in [1.29, 1.82) is 0 Å². The van der Waals surface area contributed by atoms with Crippen LogP contribution in [-0.2, 0) is 21.5 Å². The molecule has 0 saturated carbocycles. The summed E-state index contributed by atoms with van der Waals surface area (Å²) in [6, 6.07) is 22.6. The van der Waals surface area contributed by atoms with Crippen molar-refractivity contribution in [3.63, 3.8) is 0 Å². The molecule has 178 valence electrons. The average Bonchev–Trinajstić information content (AvgIpc) is 3.09. The molecule has 0 unspecified atom stereocenters. The summed E-state index contributed by atoms with van der Waals surface area (Å²) in [6.07, 6.45) is 2.20. The van der Waals surface area contributed by atoms with Crippen molar-refractivity contribution in [3.05, 3.63) is 106 Å². The molecule has 1 heterocycles. The maximum atomic E-state index is 13.6. The molecule has 0 aromatic heterocycles. The van der Waals surface area contributed by atoms with Crippen LogP contribution in [-0.4, -0.2) is 29.3 Å². The van der Waals surface area contributed by atoms with Crippen molar-refractivity contribution in [1.82, 2.24) is 15.5 Å². The maximum absolute atomic E-state index is 13.6. The summed E-state index contributed by atoms with van der Waals surface area (Å²) in [6.45, 7) is 3.76. The van der Waals surface area contributed by atoms with Crippen LogP contribution in [0.5, 0.6) is 0 Å². The summed E-state index contributed by atoms with van der Waals surface area (Å²) in [5.74, 6) is -0.742. The van der Waals surface area contributed by atoms with Crippen LogP contribution in [0.1, 0.15) is 52.3 Å². The minimum atomic E-state index is -1.08. The van der Waals surface area contributed by atoms with Gasteiger partial charge in [-0.1, -0.05) is 72.8 Å². The summed E-state index contributed by atoms with van der Waals surface area (Å²) < 4.78 is 0. The fourth-order valence-electron chi connectivity index (χ4n) is 5.25. The van der Waals surface area contributed by atoms with Gasteiger partial charge in [0.15, 0.2) is 0 Å². The zero-order valence-electron chi connectivity index (χ0n) is 20.0. The SMILES string of the molecule is Cc1ccc([C@H](NC(=O)CN2C(=O)N[C@@]3(CCCc4ccccc43)C2=O)c2ccccc2)cc1C. The van der Waals surface area contributed by atoms with Gasteiger partial charge < -0.3 is 10.6 Å². The molecule has 3 aromatic rings. The normalized spacial score (nSPS) is 19.9. The number of amides is 4. The summed E-state index contributed by atoms with van der Waals surface area (Å²) in [5, 5.41) is 5.98. The summed E-state index contributed by atoms with van der Waals surface area (Å²) in [7, 11) is 0. The number of hydrogen-bond acceptors (Lipinski definition) is 3. The highest BCUT2D eigenvalue weighted by Crippen LogP contribution is 2.39. The van der Waals surface area contributed by atoms with Gasteiger partial charge in [0.2, 0.25) is 5.91 Å². The molecule has 35 heavy (non-hydrogen) atoms. The molecule has 1 spiro atoms. The van der Waals surface area contributed by atoms with Crippen LogP contribution in [0.15, 0.2) is 72.8 Å². The number of nitrogens with zero attached hydrogens (tertiary/aromatic N) is 1.